The number of methoxy groups -OCH3 is 1. The number of aryl methyl sites for hydroxylation is 1. The summed E-state index contributed by atoms with van der Waals surface area (Å²) < 4.78 is 5.33. The minimum atomic E-state index is 0.767. The van der Waals surface area contributed by atoms with Gasteiger partial charge in [-0.1, -0.05) is 11.6 Å². The van der Waals surface area contributed by atoms with Crippen molar-refractivity contribution in [3.05, 3.63) is 22.7 Å². The molecule has 0 spiro atoms. The molecule has 0 saturated heterocycles. The summed E-state index contributed by atoms with van der Waals surface area (Å²) in [5.41, 5.74) is 2.00. The van der Waals surface area contributed by atoms with Crippen LogP contribution in [0.1, 0.15) is 18.4 Å². The Hall–Kier alpha value is -0.930. The van der Waals surface area contributed by atoms with Gasteiger partial charge in [0.15, 0.2) is 0 Å². The van der Waals surface area contributed by atoms with Gasteiger partial charge >= 0.3 is 0 Å². The Morgan fingerprint density at radius 1 is 1.24 bits per heavy atom. The van der Waals surface area contributed by atoms with Crippen molar-refractivity contribution >= 4 is 17.3 Å². The zero-order valence-corrected chi connectivity index (χ0v) is 11.5. The Bertz CT molecular complexity index is 356. The van der Waals surface area contributed by atoms with Gasteiger partial charge in [0.2, 0.25) is 0 Å². The average molecular weight is 257 g/mol. The van der Waals surface area contributed by atoms with Crippen LogP contribution in [0.4, 0.5) is 5.69 Å². The second-order valence-electron chi connectivity index (χ2n) is 4.04. The van der Waals surface area contributed by atoms with Crippen molar-refractivity contribution in [3.8, 4) is 5.75 Å². The fourth-order valence-corrected chi connectivity index (χ4v) is 1.78. The van der Waals surface area contributed by atoms with Crippen LogP contribution in [-0.4, -0.2) is 27.2 Å². The molecule has 0 atom stereocenters. The fraction of sp³-hybridized carbons (Fsp3) is 0.538. The first-order valence-corrected chi connectivity index (χ1v) is 6.29. The summed E-state index contributed by atoms with van der Waals surface area (Å²) in [6.45, 7) is 3.95. The molecule has 0 aromatic heterocycles. The molecule has 0 fully saturated rings. The lowest BCUT2D eigenvalue weighted by Gasteiger charge is -2.13. The van der Waals surface area contributed by atoms with E-state index < -0.39 is 0 Å². The van der Waals surface area contributed by atoms with E-state index >= 15 is 0 Å². The summed E-state index contributed by atoms with van der Waals surface area (Å²) in [6.07, 6.45) is 2.28. The monoisotopic (exact) mass is 256 g/mol. The summed E-state index contributed by atoms with van der Waals surface area (Å²) in [7, 11) is 3.64. The highest BCUT2D eigenvalue weighted by molar-refractivity contribution is 6.31. The number of hydrogen-bond donors (Lipinski definition) is 2. The molecule has 4 heteroatoms. The van der Waals surface area contributed by atoms with E-state index in [9.17, 15) is 0 Å². The van der Waals surface area contributed by atoms with Crippen molar-refractivity contribution in [2.75, 3.05) is 32.6 Å². The minimum Gasteiger partial charge on any atom is -0.495 e. The summed E-state index contributed by atoms with van der Waals surface area (Å²) >= 11 is 6.10. The fourth-order valence-electron chi connectivity index (χ4n) is 1.61. The van der Waals surface area contributed by atoms with E-state index in [1.807, 2.05) is 26.1 Å². The lowest BCUT2D eigenvalue weighted by atomic mass is 10.2. The third-order valence-corrected chi connectivity index (χ3v) is 3.06. The summed E-state index contributed by atoms with van der Waals surface area (Å²) in [5, 5.41) is 7.25. The molecule has 0 heterocycles. The summed E-state index contributed by atoms with van der Waals surface area (Å²) in [6, 6.07) is 3.88. The molecule has 1 aromatic rings. The second-order valence-corrected chi connectivity index (χ2v) is 4.45. The predicted octanol–water partition coefficient (Wildman–Crippen LogP) is 3.07. The number of anilines is 1. The van der Waals surface area contributed by atoms with Crippen LogP contribution in [0.5, 0.6) is 5.75 Å². The van der Waals surface area contributed by atoms with Crippen LogP contribution >= 0.6 is 11.6 Å². The quantitative estimate of drug-likeness (QED) is 0.736. The van der Waals surface area contributed by atoms with Crippen molar-refractivity contribution < 1.29 is 4.74 Å². The lowest BCUT2D eigenvalue weighted by Crippen LogP contribution is -2.10. The maximum Gasteiger partial charge on any atom is 0.142 e. The molecule has 0 saturated carbocycles. The number of unbranched alkanes of at least 4 members (excludes halogenated alkanes) is 1. The number of hydrogen-bond acceptors (Lipinski definition) is 3. The molecule has 1 aromatic carbocycles. The maximum atomic E-state index is 6.10. The van der Waals surface area contributed by atoms with Crippen molar-refractivity contribution in [2.24, 2.45) is 0 Å². The van der Waals surface area contributed by atoms with Crippen LogP contribution in [0, 0.1) is 6.92 Å². The van der Waals surface area contributed by atoms with Crippen LogP contribution in [0.3, 0.4) is 0 Å². The normalized spacial score (nSPS) is 10.4. The molecule has 0 unspecified atom stereocenters. The number of nitrogens with one attached hydrogen (secondary N) is 2. The molecular formula is C13H21ClN2O. The van der Waals surface area contributed by atoms with Crippen LogP contribution in [0.2, 0.25) is 5.02 Å². The van der Waals surface area contributed by atoms with Gasteiger partial charge < -0.3 is 15.4 Å². The highest BCUT2D eigenvalue weighted by Gasteiger charge is 2.06. The Morgan fingerprint density at radius 2 is 1.94 bits per heavy atom. The first-order chi connectivity index (χ1) is 8.19. The molecule has 0 amide bonds. The Balaban J connectivity index is 2.54. The third-order valence-electron chi connectivity index (χ3n) is 2.65. The molecule has 0 radical (unpaired) electrons. The van der Waals surface area contributed by atoms with E-state index in [1.165, 1.54) is 0 Å². The molecule has 17 heavy (non-hydrogen) atoms. The molecule has 0 bridgehead atoms. The average Bonchev–Trinajstić information content (AvgIpc) is 2.33. The molecule has 0 aliphatic heterocycles. The zero-order valence-electron chi connectivity index (χ0n) is 10.8. The Morgan fingerprint density at radius 3 is 2.59 bits per heavy atom. The number of benzene rings is 1. The molecule has 1 rings (SSSR count). The molecule has 0 aliphatic carbocycles. The predicted molar refractivity (Wildman–Crippen MR) is 74.4 cm³/mol. The highest BCUT2D eigenvalue weighted by Crippen LogP contribution is 2.30. The van der Waals surface area contributed by atoms with Gasteiger partial charge in [-0.05, 0) is 51.1 Å². The standard InChI is InChI=1S/C13H21ClN2O/c1-10-8-13(17-3)12(9-11(10)14)16-7-5-4-6-15-2/h8-9,15-16H,4-7H2,1-3H3. The van der Waals surface area contributed by atoms with Gasteiger partial charge in [0.25, 0.3) is 0 Å². The van der Waals surface area contributed by atoms with E-state index in [4.69, 9.17) is 16.3 Å². The van der Waals surface area contributed by atoms with Gasteiger partial charge in [-0.3, -0.25) is 0 Å². The molecular weight excluding hydrogens is 236 g/mol. The topological polar surface area (TPSA) is 33.3 Å². The number of ether oxygens (including phenoxy) is 1. The first-order valence-electron chi connectivity index (χ1n) is 5.91. The van der Waals surface area contributed by atoms with Crippen LogP contribution < -0.4 is 15.4 Å². The van der Waals surface area contributed by atoms with E-state index in [2.05, 4.69) is 10.6 Å². The van der Waals surface area contributed by atoms with Gasteiger partial charge in [-0.25, -0.2) is 0 Å². The van der Waals surface area contributed by atoms with Gasteiger partial charge in [0.1, 0.15) is 5.75 Å². The maximum absolute atomic E-state index is 6.10. The van der Waals surface area contributed by atoms with Gasteiger partial charge in [-0.2, -0.15) is 0 Å². The minimum absolute atomic E-state index is 0.767. The Labute approximate surface area is 109 Å². The van der Waals surface area contributed by atoms with Crippen molar-refractivity contribution in [1.82, 2.24) is 5.32 Å². The van der Waals surface area contributed by atoms with Crippen LogP contribution in [-0.2, 0) is 0 Å². The van der Waals surface area contributed by atoms with Crippen molar-refractivity contribution in [3.63, 3.8) is 0 Å². The van der Waals surface area contributed by atoms with E-state index in [0.717, 1.165) is 48.0 Å². The molecule has 0 aliphatic rings. The first kappa shape index (κ1) is 14.1. The number of rotatable bonds is 7. The van der Waals surface area contributed by atoms with Crippen molar-refractivity contribution in [1.29, 1.82) is 0 Å². The molecule has 96 valence electrons. The smallest absolute Gasteiger partial charge is 0.142 e. The second kappa shape index (κ2) is 7.41. The van der Waals surface area contributed by atoms with E-state index in [-0.39, 0.29) is 0 Å². The lowest BCUT2D eigenvalue weighted by molar-refractivity contribution is 0.416. The van der Waals surface area contributed by atoms with Crippen molar-refractivity contribution in [2.45, 2.75) is 19.8 Å². The van der Waals surface area contributed by atoms with Gasteiger partial charge in [-0.15, -0.1) is 0 Å². The Kier molecular flexibility index (Phi) is 6.16. The van der Waals surface area contributed by atoms with Gasteiger partial charge in [0.05, 0.1) is 12.8 Å². The molecule has 3 nitrogen and oxygen atoms in total. The summed E-state index contributed by atoms with van der Waals surface area (Å²) in [5.74, 6) is 0.848. The third kappa shape index (κ3) is 4.44. The van der Waals surface area contributed by atoms with Gasteiger partial charge in [0, 0.05) is 11.6 Å². The largest absolute Gasteiger partial charge is 0.495 e. The van der Waals surface area contributed by atoms with E-state index in [0.29, 0.717) is 0 Å². The van der Waals surface area contributed by atoms with E-state index in [1.54, 1.807) is 7.11 Å². The highest BCUT2D eigenvalue weighted by atomic mass is 35.5. The van der Waals surface area contributed by atoms with Crippen LogP contribution in [0.15, 0.2) is 12.1 Å². The summed E-state index contributed by atoms with van der Waals surface area (Å²) in [4.78, 5) is 0. The SMILES string of the molecule is CNCCCCNc1cc(Cl)c(C)cc1OC. The number of halogens is 1. The van der Waals surface area contributed by atoms with Crippen LogP contribution in [0.25, 0.3) is 0 Å². The molecule has 2 N–H and O–H groups in total. The zero-order chi connectivity index (χ0) is 12.7.